The topological polar surface area (TPSA) is 85.2 Å². The molecule has 244 valence electrons. The molecule has 41 heavy (non-hydrogen) atoms. The highest BCUT2D eigenvalue weighted by Gasteiger charge is 2.78. The zero-order valence-electron chi connectivity index (χ0n) is 24.8. The minimum atomic E-state index is -6.27. The van der Waals surface area contributed by atoms with E-state index in [9.17, 15) is 54.5 Å². The van der Waals surface area contributed by atoms with Crippen molar-refractivity contribution in [3.05, 3.63) is 12.2 Å². The molecule has 0 saturated carbocycles. The molecule has 0 rings (SSSR count). The smallest absolute Gasteiger partial charge is 0.429 e. The third kappa shape index (κ3) is 7.50. The summed E-state index contributed by atoms with van der Waals surface area (Å²) >= 11 is 0. The van der Waals surface area contributed by atoms with Crippen LogP contribution in [0.2, 0.25) is 0 Å². The number of hydrogen-bond acceptors (Lipinski definition) is 6. The molecular formula is C26H41F9O6. The van der Waals surface area contributed by atoms with E-state index in [4.69, 9.17) is 14.2 Å². The molecule has 0 fully saturated rings. The van der Waals surface area contributed by atoms with Crippen LogP contribution in [0.3, 0.4) is 0 Å². The van der Waals surface area contributed by atoms with Crippen molar-refractivity contribution in [1.29, 1.82) is 0 Å². The van der Waals surface area contributed by atoms with Crippen LogP contribution in [0.1, 0.15) is 82.1 Å². The first-order valence-electron chi connectivity index (χ1n) is 12.6. The predicted molar refractivity (Wildman–Crippen MR) is 131 cm³/mol. The molecule has 0 aliphatic carbocycles. The molecular weight excluding hydrogens is 579 g/mol. The molecule has 0 aliphatic heterocycles. The highest BCUT2D eigenvalue weighted by atomic mass is 19.4. The molecule has 0 aromatic rings. The van der Waals surface area contributed by atoms with Gasteiger partial charge in [0.2, 0.25) is 0 Å². The van der Waals surface area contributed by atoms with Crippen molar-refractivity contribution in [2.75, 3.05) is 6.61 Å². The lowest BCUT2D eigenvalue weighted by atomic mass is 9.72. The second kappa shape index (κ2) is 11.8. The van der Waals surface area contributed by atoms with Crippen LogP contribution >= 0.6 is 0 Å². The number of rotatable bonds is 13. The van der Waals surface area contributed by atoms with Crippen molar-refractivity contribution >= 4 is 5.97 Å². The van der Waals surface area contributed by atoms with Crippen LogP contribution in [-0.2, 0) is 19.0 Å². The number of alkyl halides is 9. The quantitative estimate of drug-likeness (QED) is 0.134. The molecule has 0 aromatic heterocycles. The van der Waals surface area contributed by atoms with Gasteiger partial charge in [-0.15, -0.1) is 0 Å². The first-order valence-corrected chi connectivity index (χ1v) is 12.6. The third-order valence-corrected chi connectivity index (χ3v) is 8.00. The van der Waals surface area contributed by atoms with Gasteiger partial charge in [-0.25, -0.2) is 4.79 Å². The van der Waals surface area contributed by atoms with Gasteiger partial charge in [0.1, 0.15) is 11.2 Å². The highest BCUT2D eigenvalue weighted by Crippen LogP contribution is 2.54. The second-order valence-corrected chi connectivity index (χ2v) is 11.8. The molecule has 0 bridgehead atoms. The Morgan fingerprint density at radius 2 is 1.05 bits per heavy atom. The van der Waals surface area contributed by atoms with Crippen molar-refractivity contribution in [3.8, 4) is 0 Å². The van der Waals surface area contributed by atoms with E-state index < -0.39 is 77.1 Å². The maximum absolute atomic E-state index is 13.8. The van der Waals surface area contributed by atoms with Gasteiger partial charge in [-0.3, -0.25) is 0 Å². The van der Waals surface area contributed by atoms with Gasteiger partial charge in [0.25, 0.3) is 5.60 Å². The van der Waals surface area contributed by atoms with Gasteiger partial charge in [0, 0.05) is 5.57 Å². The summed E-state index contributed by atoms with van der Waals surface area (Å²) in [5, 5.41) is 20.5. The summed E-state index contributed by atoms with van der Waals surface area (Å²) in [6, 6.07) is 0. The van der Waals surface area contributed by atoms with E-state index in [0.29, 0.717) is 20.8 Å². The maximum atomic E-state index is 13.8. The number of carbonyl (C=O) groups excluding carboxylic acids is 1. The summed E-state index contributed by atoms with van der Waals surface area (Å²) < 4.78 is 141. The highest BCUT2D eigenvalue weighted by molar-refractivity contribution is 5.86. The molecule has 0 saturated heterocycles. The van der Waals surface area contributed by atoms with Crippen LogP contribution in [0.4, 0.5) is 39.5 Å². The normalized spacial score (nSPS) is 19.5. The van der Waals surface area contributed by atoms with Crippen molar-refractivity contribution in [2.24, 2.45) is 5.92 Å². The van der Waals surface area contributed by atoms with E-state index in [2.05, 4.69) is 6.58 Å². The molecule has 2 N–H and O–H groups in total. The summed E-state index contributed by atoms with van der Waals surface area (Å²) in [5.74, 6) is -2.59. The molecule has 6 nitrogen and oxygen atoms in total. The number of carbonyl (C=O) groups is 1. The van der Waals surface area contributed by atoms with Gasteiger partial charge < -0.3 is 24.4 Å². The van der Waals surface area contributed by atoms with Crippen LogP contribution in [0.15, 0.2) is 12.2 Å². The van der Waals surface area contributed by atoms with Crippen LogP contribution in [0.5, 0.6) is 0 Å². The Hall–Kier alpha value is -1.58. The molecule has 0 amide bonds. The van der Waals surface area contributed by atoms with E-state index >= 15 is 0 Å². The Balaban J connectivity index is 7.27. The van der Waals surface area contributed by atoms with Crippen molar-refractivity contribution in [1.82, 2.24) is 0 Å². The maximum Gasteiger partial charge on any atom is 0.429 e. The largest absolute Gasteiger partial charge is 0.462 e. The van der Waals surface area contributed by atoms with Gasteiger partial charge in [0.05, 0.1) is 23.7 Å². The molecule has 0 spiro atoms. The minimum absolute atomic E-state index is 0.133. The first kappa shape index (κ1) is 39.4. The summed E-state index contributed by atoms with van der Waals surface area (Å²) in [4.78, 5) is 12.2. The average Bonchev–Trinajstić information content (AvgIpc) is 2.74. The number of hydrogen-bond donors (Lipinski definition) is 2. The standard InChI is InChI=1S/C26H41F9O6/c1-12-20(9,40-18(5,6)22(11,37)24(27,28)29)16(14-39-17(36)15(3)4)21(10,13-2)41-19(7,8)23(38,25(30,31)32)26(33,34)35/h16,37-38H,3,12-14H2,1-2,4-11H3. The van der Waals surface area contributed by atoms with Crippen molar-refractivity contribution < 1.29 is 68.7 Å². The lowest BCUT2D eigenvalue weighted by molar-refractivity contribution is -0.424. The van der Waals surface area contributed by atoms with Gasteiger partial charge in [0.15, 0.2) is 5.60 Å². The Morgan fingerprint density at radius 1 is 0.707 bits per heavy atom. The van der Waals surface area contributed by atoms with E-state index in [0.717, 1.165) is 20.8 Å². The molecule has 0 aromatic carbocycles. The van der Waals surface area contributed by atoms with Gasteiger partial charge in [-0.2, -0.15) is 39.5 Å². The number of ether oxygens (including phenoxy) is 3. The fraction of sp³-hybridized carbons (Fsp3) is 0.885. The Morgan fingerprint density at radius 3 is 1.32 bits per heavy atom. The molecule has 4 unspecified atom stereocenters. The summed E-state index contributed by atoms with van der Waals surface area (Å²) in [6.45, 7) is 11.7. The minimum Gasteiger partial charge on any atom is -0.462 e. The van der Waals surface area contributed by atoms with E-state index in [-0.39, 0.29) is 12.0 Å². The number of halogens is 9. The van der Waals surface area contributed by atoms with Crippen molar-refractivity contribution in [2.45, 2.75) is 134 Å². The molecule has 15 heteroatoms. The van der Waals surface area contributed by atoms with E-state index in [1.807, 2.05) is 0 Å². The van der Waals surface area contributed by atoms with E-state index in [1.165, 1.54) is 27.7 Å². The Labute approximate surface area is 234 Å². The zero-order valence-corrected chi connectivity index (χ0v) is 24.8. The van der Waals surface area contributed by atoms with Crippen LogP contribution in [-0.4, -0.2) is 74.9 Å². The molecule has 0 heterocycles. The second-order valence-electron chi connectivity index (χ2n) is 11.8. The molecule has 4 atom stereocenters. The SMILES string of the molecule is C=C(C)C(=O)OCC(C(C)(CC)OC(C)(C)C(C)(O)C(F)(F)F)C(C)(CC)OC(C)(C)C(O)(C(F)(F)F)C(F)(F)F. The third-order valence-electron chi connectivity index (χ3n) is 8.00. The fourth-order valence-electron chi connectivity index (χ4n) is 4.58. The Bertz CT molecular complexity index is 923. The lowest BCUT2D eigenvalue weighted by Gasteiger charge is -2.55. The first-order chi connectivity index (χ1) is 17.7. The molecule has 0 radical (unpaired) electrons. The fourth-order valence-corrected chi connectivity index (χ4v) is 4.58. The van der Waals surface area contributed by atoms with Gasteiger partial charge in [-0.1, -0.05) is 20.4 Å². The van der Waals surface area contributed by atoms with Crippen LogP contribution in [0, 0.1) is 5.92 Å². The molecule has 0 aliphatic rings. The van der Waals surface area contributed by atoms with Crippen LogP contribution in [0.25, 0.3) is 0 Å². The zero-order chi connectivity index (χ0) is 33.5. The predicted octanol–water partition coefficient (Wildman–Crippen LogP) is 6.82. The lowest BCUT2D eigenvalue weighted by Crippen LogP contribution is -2.72. The monoisotopic (exact) mass is 620 g/mol. The van der Waals surface area contributed by atoms with Gasteiger partial charge >= 0.3 is 24.5 Å². The van der Waals surface area contributed by atoms with E-state index in [1.54, 1.807) is 0 Å². The summed E-state index contributed by atoms with van der Waals surface area (Å²) in [5.41, 5.74) is -19.1. The van der Waals surface area contributed by atoms with Crippen molar-refractivity contribution in [3.63, 3.8) is 0 Å². The average molecular weight is 621 g/mol. The number of esters is 1. The van der Waals surface area contributed by atoms with Gasteiger partial charge in [-0.05, 0) is 68.2 Å². The summed E-state index contributed by atoms with van der Waals surface area (Å²) in [7, 11) is 0. The Kier molecular flexibility index (Phi) is 11.4. The summed E-state index contributed by atoms with van der Waals surface area (Å²) in [6.07, 6.45) is -18.4. The van der Waals surface area contributed by atoms with Crippen LogP contribution < -0.4 is 0 Å². The number of aliphatic hydroxyl groups is 2.